The van der Waals surface area contributed by atoms with Crippen LogP contribution in [0.25, 0.3) is 17.1 Å². The standard InChI is InChI=1S/C32H34F4N6O2S/c1-4-45-31(39-28-17-12-24(33)19-27(28)21(2)3)40-30(43)37-18-6-5-7-22-8-10-23(11-9-22)29-38-20-42(41-29)25-13-15-26(16-14-25)44-32(34,35)36/h8-17,19-21H,4-7,18H2,1-3H3,(H2,37,39,40,43). The Balaban J connectivity index is 1.23. The van der Waals surface area contributed by atoms with Crippen molar-refractivity contribution < 1.29 is 27.1 Å². The Hall–Kier alpha value is -4.39. The zero-order chi connectivity index (χ0) is 32.4. The fraction of sp³-hybridized carbons (Fsp3) is 0.312. The highest BCUT2D eigenvalue weighted by Gasteiger charge is 2.31. The zero-order valence-corrected chi connectivity index (χ0v) is 25.9. The zero-order valence-electron chi connectivity index (χ0n) is 25.1. The van der Waals surface area contributed by atoms with Crippen LogP contribution in [-0.4, -0.2) is 44.6 Å². The first-order valence-electron chi connectivity index (χ1n) is 14.4. The number of carbonyl (C=O) groups is 1. The molecule has 13 heteroatoms. The molecule has 0 saturated heterocycles. The van der Waals surface area contributed by atoms with E-state index < -0.39 is 6.36 Å². The first-order valence-corrected chi connectivity index (χ1v) is 15.4. The van der Waals surface area contributed by atoms with E-state index in [1.165, 1.54) is 59.2 Å². The SMILES string of the molecule is CCSC(=Nc1ccc(F)cc1C(C)C)NC(=O)NCCCCc1ccc(-c2ncn(-c3ccc(OC(F)(F)F)cc3)n2)cc1. The van der Waals surface area contributed by atoms with Gasteiger partial charge in [-0.05, 0) is 84.5 Å². The molecule has 8 nitrogen and oxygen atoms in total. The Bertz CT molecular complexity index is 1590. The van der Waals surface area contributed by atoms with E-state index in [0.717, 1.165) is 36.0 Å². The van der Waals surface area contributed by atoms with E-state index >= 15 is 0 Å². The van der Waals surface area contributed by atoms with Crippen LogP contribution < -0.4 is 15.4 Å². The minimum absolute atomic E-state index is 0.0807. The molecule has 0 fully saturated rings. The van der Waals surface area contributed by atoms with Gasteiger partial charge in [0.15, 0.2) is 11.0 Å². The van der Waals surface area contributed by atoms with Gasteiger partial charge in [-0.25, -0.2) is 23.8 Å². The molecule has 4 rings (SSSR count). The van der Waals surface area contributed by atoms with Crippen LogP contribution in [-0.2, 0) is 6.42 Å². The first kappa shape index (κ1) is 33.5. The number of amides is 2. The molecule has 0 bridgehead atoms. The summed E-state index contributed by atoms with van der Waals surface area (Å²) in [6.45, 7) is 6.39. The third-order valence-corrected chi connectivity index (χ3v) is 7.31. The van der Waals surface area contributed by atoms with Gasteiger partial charge >= 0.3 is 12.4 Å². The smallest absolute Gasteiger partial charge is 0.406 e. The fourth-order valence-electron chi connectivity index (χ4n) is 4.37. The molecule has 1 aromatic heterocycles. The number of urea groups is 1. The average molecular weight is 643 g/mol. The molecule has 238 valence electrons. The molecular formula is C32H34F4N6O2S. The number of alkyl halides is 3. The molecule has 0 aliphatic heterocycles. The van der Waals surface area contributed by atoms with Crippen molar-refractivity contribution in [3.8, 4) is 22.8 Å². The lowest BCUT2D eigenvalue weighted by Gasteiger charge is -2.13. The fourth-order valence-corrected chi connectivity index (χ4v) is 4.97. The molecule has 1 heterocycles. The van der Waals surface area contributed by atoms with Crippen molar-refractivity contribution in [3.63, 3.8) is 0 Å². The number of thioether (sulfide) groups is 1. The van der Waals surface area contributed by atoms with Crippen molar-refractivity contribution in [2.45, 2.75) is 52.3 Å². The van der Waals surface area contributed by atoms with Gasteiger partial charge in [-0.15, -0.1) is 18.3 Å². The molecule has 0 radical (unpaired) electrons. The Labute approximate surface area is 263 Å². The van der Waals surface area contributed by atoms with E-state index in [2.05, 4.69) is 30.4 Å². The van der Waals surface area contributed by atoms with E-state index in [0.29, 0.717) is 34.7 Å². The predicted octanol–water partition coefficient (Wildman–Crippen LogP) is 8.16. The maximum atomic E-state index is 13.7. The number of hydrogen-bond donors (Lipinski definition) is 2. The Morgan fingerprint density at radius 3 is 2.44 bits per heavy atom. The minimum atomic E-state index is -4.75. The van der Waals surface area contributed by atoms with Gasteiger partial charge in [0.2, 0.25) is 0 Å². The van der Waals surface area contributed by atoms with Crippen LogP contribution >= 0.6 is 11.8 Å². The number of rotatable bonds is 11. The number of amidine groups is 1. The van der Waals surface area contributed by atoms with Crippen molar-refractivity contribution in [1.29, 1.82) is 0 Å². The normalized spacial score (nSPS) is 12.0. The average Bonchev–Trinajstić information content (AvgIpc) is 3.48. The highest BCUT2D eigenvalue weighted by molar-refractivity contribution is 8.13. The number of unbranched alkanes of at least 4 members (excludes halogenated alkanes) is 1. The molecule has 0 atom stereocenters. The van der Waals surface area contributed by atoms with Gasteiger partial charge in [-0.3, -0.25) is 5.32 Å². The topological polar surface area (TPSA) is 93.4 Å². The summed E-state index contributed by atoms with van der Waals surface area (Å²) in [6.07, 6.45) is -0.803. The molecule has 0 spiro atoms. The number of aliphatic imine (C=N–C) groups is 1. The molecule has 0 unspecified atom stereocenters. The summed E-state index contributed by atoms with van der Waals surface area (Å²) in [5, 5.41) is 10.6. The van der Waals surface area contributed by atoms with Crippen molar-refractivity contribution in [1.82, 2.24) is 25.4 Å². The molecule has 4 aromatic rings. The van der Waals surface area contributed by atoms with Gasteiger partial charge in [-0.2, -0.15) is 0 Å². The third-order valence-electron chi connectivity index (χ3n) is 6.55. The molecular weight excluding hydrogens is 608 g/mol. The summed E-state index contributed by atoms with van der Waals surface area (Å²) >= 11 is 1.40. The van der Waals surface area contributed by atoms with E-state index in [1.54, 1.807) is 6.07 Å². The van der Waals surface area contributed by atoms with Crippen molar-refractivity contribution >= 4 is 28.6 Å². The summed E-state index contributed by atoms with van der Waals surface area (Å²) < 4.78 is 56.3. The third kappa shape index (κ3) is 10.3. The van der Waals surface area contributed by atoms with Crippen LogP contribution in [0.3, 0.4) is 0 Å². The van der Waals surface area contributed by atoms with Gasteiger partial charge in [0, 0.05) is 12.1 Å². The molecule has 0 aliphatic carbocycles. The summed E-state index contributed by atoms with van der Waals surface area (Å²) in [4.78, 5) is 21.4. The number of aryl methyl sites for hydroxylation is 1. The number of hydrogen-bond acceptors (Lipinski definition) is 6. The molecule has 2 amide bonds. The number of nitrogens with one attached hydrogen (secondary N) is 2. The second-order valence-electron chi connectivity index (χ2n) is 10.3. The number of ether oxygens (including phenoxy) is 1. The highest BCUT2D eigenvalue weighted by atomic mass is 32.2. The lowest BCUT2D eigenvalue weighted by atomic mass is 10.0. The predicted molar refractivity (Wildman–Crippen MR) is 169 cm³/mol. The summed E-state index contributed by atoms with van der Waals surface area (Å²) in [7, 11) is 0. The number of benzene rings is 3. The van der Waals surface area contributed by atoms with Crippen molar-refractivity contribution in [3.05, 3.63) is 90.0 Å². The molecule has 45 heavy (non-hydrogen) atoms. The Morgan fingerprint density at radius 2 is 1.78 bits per heavy atom. The maximum Gasteiger partial charge on any atom is 0.573 e. The minimum Gasteiger partial charge on any atom is -0.406 e. The number of aromatic nitrogens is 3. The molecule has 2 N–H and O–H groups in total. The summed E-state index contributed by atoms with van der Waals surface area (Å²) in [6, 6.07) is 17.3. The monoisotopic (exact) mass is 642 g/mol. The van der Waals surface area contributed by atoms with Gasteiger partial charge in [0.25, 0.3) is 0 Å². The number of nitrogens with zero attached hydrogens (tertiary/aromatic N) is 4. The number of carbonyl (C=O) groups excluding carboxylic acids is 1. The Morgan fingerprint density at radius 1 is 1.04 bits per heavy atom. The summed E-state index contributed by atoms with van der Waals surface area (Å²) in [5.41, 5.74) is 3.87. The van der Waals surface area contributed by atoms with E-state index in [4.69, 9.17) is 0 Å². The van der Waals surface area contributed by atoms with E-state index in [-0.39, 0.29) is 23.5 Å². The largest absolute Gasteiger partial charge is 0.573 e. The van der Waals surface area contributed by atoms with Gasteiger partial charge < -0.3 is 10.1 Å². The second kappa shape index (κ2) is 15.6. The highest BCUT2D eigenvalue weighted by Crippen LogP contribution is 2.29. The van der Waals surface area contributed by atoms with E-state index in [1.807, 2.05) is 45.0 Å². The van der Waals surface area contributed by atoms with Crippen LogP contribution in [0.2, 0.25) is 0 Å². The van der Waals surface area contributed by atoms with Gasteiger partial charge in [-0.1, -0.05) is 56.8 Å². The second-order valence-corrected chi connectivity index (χ2v) is 11.5. The quantitative estimate of drug-likeness (QED) is 0.0746. The lowest BCUT2D eigenvalue weighted by Crippen LogP contribution is -2.38. The van der Waals surface area contributed by atoms with Crippen LogP contribution in [0.5, 0.6) is 5.75 Å². The molecule has 0 saturated carbocycles. The number of halogens is 4. The lowest BCUT2D eigenvalue weighted by molar-refractivity contribution is -0.274. The van der Waals surface area contributed by atoms with Crippen LogP contribution in [0.1, 0.15) is 50.7 Å². The van der Waals surface area contributed by atoms with Gasteiger partial charge in [0.1, 0.15) is 17.9 Å². The van der Waals surface area contributed by atoms with Crippen LogP contribution in [0.4, 0.5) is 28.0 Å². The molecule has 3 aromatic carbocycles. The van der Waals surface area contributed by atoms with Crippen LogP contribution in [0.15, 0.2) is 78.0 Å². The van der Waals surface area contributed by atoms with Gasteiger partial charge in [0.05, 0.1) is 11.4 Å². The van der Waals surface area contributed by atoms with E-state index in [9.17, 15) is 22.4 Å². The van der Waals surface area contributed by atoms with Crippen molar-refractivity contribution in [2.75, 3.05) is 12.3 Å². The summed E-state index contributed by atoms with van der Waals surface area (Å²) in [5.74, 6) is 0.649. The first-order chi connectivity index (χ1) is 21.5. The van der Waals surface area contributed by atoms with Crippen LogP contribution in [0, 0.1) is 5.82 Å². The van der Waals surface area contributed by atoms with Crippen molar-refractivity contribution in [2.24, 2.45) is 4.99 Å². The maximum absolute atomic E-state index is 13.7. The Kier molecular flexibility index (Phi) is 11.6. The molecule has 0 aliphatic rings.